The van der Waals surface area contributed by atoms with Gasteiger partial charge in [-0.3, -0.25) is 0 Å². The largest absolute Gasteiger partial charge is 0.229 e. The molecule has 0 aliphatic rings. The van der Waals surface area contributed by atoms with E-state index in [0.29, 0.717) is 0 Å². The maximum Gasteiger partial charge on any atom is 0.150 e. The van der Waals surface area contributed by atoms with Gasteiger partial charge in [-0.15, -0.1) is 0 Å². The Hall–Kier alpha value is 0.300. The van der Waals surface area contributed by atoms with E-state index in [4.69, 9.17) is 0 Å². The Kier molecular flexibility index (Phi) is 5.17. The highest BCUT2D eigenvalue weighted by molar-refractivity contribution is 7.98. The highest BCUT2D eigenvalue weighted by Crippen LogP contribution is 2.09. The van der Waals surface area contributed by atoms with E-state index in [0.717, 1.165) is 11.7 Å². The fourth-order valence-corrected chi connectivity index (χ4v) is 2.55. The summed E-state index contributed by atoms with van der Waals surface area (Å²) in [6, 6.07) is 0. The summed E-state index contributed by atoms with van der Waals surface area (Å²) >= 11 is 1.66. The molecular weight excluding hydrogens is 180 g/mol. The van der Waals surface area contributed by atoms with Crippen LogP contribution in [0.1, 0.15) is 13.8 Å². The van der Waals surface area contributed by atoms with E-state index in [9.17, 15) is 8.42 Å². The predicted octanol–water partition coefficient (Wildman–Crippen LogP) is 1.38. The Labute approximate surface area is 73.7 Å². The third-order valence-electron chi connectivity index (χ3n) is 1.30. The summed E-state index contributed by atoms with van der Waals surface area (Å²) in [5.74, 6) is 2.39. The van der Waals surface area contributed by atoms with Crippen molar-refractivity contribution in [1.29, 1.82) is 0 Å². The molecule has 0 N–H and O–H groups in total. The first-order chi connectivity index (χ1) is 5.02. The molecule has 0 saturated carbocycles. The molecule has 0 fully saturated rings. The second kappa shape index (κ2) is 5.04. The van der Waals surface area contributed by atoms with E-state index in [1.54, 1.807) is 18.7 Å². The van der Waals surface area contributed by atoms with E-state index in [1.165, 1.54) is 0 Å². The van der Waals surface area contributed by atoms with E-state index in [-0.39, 0.29) is 11.5 Å². The molecule has 0 rings (SSSR count). The predicted molar refractivity (Wildman–Crippen MR) is 51.6 cm³/mol. The molecule has 0 aliphatic heterocycles. The van der Waals surface area contributed by atoms with Crippen LogP contribution in [0.4, 0.5) is 0 Å². The van der Waals surface area contributed by atoms with Crippen molar-refractivity contribution in [1.82, 2.24) is 0 Å². The average Bonchev–Trinajstić information content (AvgIpc) is 1.87. The van der Waals surface area contributed by atoms with Crippen LogP contribution in [0.5, 0.6) is 0 Å². The first-order valence-corrected chi connectivity index (χ1v) is 6.74. The lowest BCUT2D eigenvalue weighted by Gasteiger charge is -2.07. The van der Waals surface area contributed by atoms with Crippen molar-refractivity contribution in [2.75, 3.05) is 23.5 Å². The normalized spacial score (nSPS) is 12.4. The molecule has 0 aromatic heterocycles. The van der Waals surface area contributed by atoms with Crippen molar-refractivity contribution >= 4 is 21.6 Å². The molecule has 1 radical (unpaired) electrons. The van der Waals surface area contributed by atoms with E-state index in [1.807, 2.05) is 13.2 Å². The smallest absolute Gasteiger partial charge is 0.150 e. The van der Waals surface area contributed by atoms with Crippen molar-refractivity contribution < 1.29 is 8.42 Å². The lowest BCUT2D eigenvalue weighted by Crippen LogP contribution is -2.15. The second-order valence-corrected chi connectivity index (χ2v) is 5.79. The van der Waals surface area contributed by atoms with Gasteiger partial charge in [-0.25, -0.2) is 8.42 Å². The SMILES string of the molecule is CCS(=O)(=O)C[C](C)CSC. The first kappa shape index (κ1) is 11.3. The number of thioether (sulfide) groups is 1. The Morgan fingerprint density at radius 2 is 2.00 bits per heavy atom. The molecule has 11 heavy (non-hydrogen) atoms. The highest BCUT2D eigenvalue weighted by atomic mass is 32.2. The summed E-state index contributed by atoms with van der Waals surface area (Å²) in [5.41, 5.74) is 0. The van der Waals surface area contributed by atoms with Gasteiger partial charge in [-0.05, 0) is 17.9 Å². The third-order valence-corrected chi connectivity index (χ3v) is 3.89. The van der Waals surface area contributed by atoms with Crippen molar-refractivity contribution in [3.05, 3.63) is 5.92 Å². The summed E-state index contributed by atoms with van der Waals surface area (Å²) in [7, 11) is -2.79. The van der Waals surface area contributed by atoms with E-state index >= 15 is 0 Å². The van der Waals surface area contributed by atoms with E-state index in [2.05, 4.69) is 0 Å². The van der Waals surface area contributed by atoms with Crippen LogP contribution in [0.25, 0.3) is 0 Å². The van der Waals surface area contributed by atoms with Crippen LogP contribution < -0.4 is 0 Å². The molecule has 0 aromatic carbocycles. The molecule has 4 heteroatoms. The van der Waals surface area contributed by atoms with Gasteiger partial charge in [0.25, 0.3) is 0 Å². The number of sulfone groups is 1. The van der Waals surface area contributed by atoms with Gasteiger partial charge in [0.1, 0.15) is 0 Å². The Morgan fingerprint density at radius 3 is 2.36 bits per heavy atom. The van der Waals surface area contributed by atoms with Gasteiger partial charge in [0.05, 0.1) is 5.75 Å². The fraction of sp³-hybridized carbons (Fsp3) is 0.857. The minimum Gasteiger partial charge on any atom is -0.229 e. The zero-order valence-corrected chi connectivity index (χ0v) is 8.89. The minimum atomic E-state index is -2.79. The third kappa shape index (κ3) is 5.56. The number of rotatable bonds is 5. The molecule has 0 bridgehead atoms. The molecule has 0 saturated heterocycles. The molecule has 0 aromatic rings. The Morgan fingerprint density at radius 1 is 1.45 bits per heavy atom. The molecule has 0 heterocycles. The lowest BCUT2D eigenvalue weighted by molar-refractivity contribution is 0.597. The van der Waals surface area contributed by atoms with Crippen molar-refractivity contribution in [2.45, 2.75) is 13.8 Å². The summed E-state index contributed by atoms with van der Waals surface area (Å²) in [4.78, 5) is 0. The van der Waals surface area contributed by atoms with Crippen LogP contribution in [-0.4, -0.2) is 31.9 Å². The molecule has 67 valence electrons. The van der Waals surface area contributed by atoms with Crippen LogP contribution in [0.2, 0.25) is 0 Å². The number of hydrogen-bond acceptors (Lipinski definition) is 3. The van der Waals surface area contributed by atoms with Gasteiger partial charge in [0.15, 0.2) is 9.84 Å². The maximum atomic E-state index is 11.1. The Bertz CT molecular complexity index is 185. The van der Waals surface area contributed by atoms with Crippen LogP contribution in [0.15, 0.2) is 0 Å². The summed E-state index contributed by atoms with van der Waals surface area (Å²) < 4.78 is 22.1. The Balaban J connectivity index is 3.84. The van der Waals surface area contributed by atoms with Gasteiger partial charge in [-0.2, -0.15) is 11.8 Å². The topological polar surface area (TPSA) is 34.1 Å². The monoisotopic (exact) mass is 195 g/mol. The molecule has 0 spiro atoms. The molecule has 2 nitrogen and oxygen atoms in total. The zero-order chi connectivity index (χ0) is 8.91. The van der Waals surface area contributed by atoms with Gasteiger partial charge in [0.2, 0.25) is 0 Å². The van der Waals surface area contributed by atoms with Crippen LogP contribution in [-0.2, 0) is 9.84 Å². The van der Waals surface area contributed by atoms with Gasteiger partial charge >= 0.3 is 0 Å². The summed E-state index contributed by atoms with van der Waals surface area (Å²) in [6.07, 6.45) is 1.97. The molecular formula is C7H15O2S2. The number of hydrogen-bond donors (Lipinski definition) is 0. The van der Waals surface area contributed by atoms with E-state index < -0.39 is 9.84 Å². The van der Waals surface area contributed by atoms with Crippen molar-refractivity contribution in [2.24, 2.45) is 0 Å². The molecule has 0 unspecified atom stereocenters. The van der Waals surface area contributed by atoms with Crippen LogP contribution in [0, 0.1) is 5.92 Å². The lowest BCUT2D eigenvalue weighted by atomic mass is 10.3. The second-order valence-electron chi connectivity index (χ2n) is 2.57. The highest BCUT2D eigenvalue weighted by Gasteiger charge is 2.12. The quantitative estimate of drug-likeness (QED) is 0.664. The van der Waals surface area contributed by atoms with Crippen LogP contribution in [0.3, 0.4) is 0 Å². The summed E-state index contributed by atoms with van der Waals surface area (Å²) in [6.45, 7) is 3.57. The fourth-order valence-electron chi connectivity index (χ4n) is 0.766. The first-order valence-electron chi connectivity index (χ1n) is 3.52. The molecule has 0 atom stereocenters. The van der Waals surface area contributed by atoms with Crippen molar-refractivity contribution in [3.8, 4) is 0 Å². The summed E-state index contributed by atoms with van der Waals surface area (Å²) in [5, 5.41) is 0. The zero-order valence-electron chi connectivity index (χ0n) is 7.25. The van der Waals surface area contributed by atoms with Gasteiger partial charge < -0.3 is 0 Å². The maximum absolute atomic E-state index is 11.1. The molecule has 0 aliphatic carbocycles. The average molecular weight is 195 g/mol. The van der Waals surface area contributed by atoms with Gasteiger partial charge in [0, 0.05) is 5.75 Å². The van der Waals surface area contributed by atoms with Crippen molar-refractivity contribution in [3.63, 3.8) is 0 Å². The van der Waals surface area contributed by atoms with Crippen LogP contribution >= 0.6 is 11.8 Å². The minimum absolute atomic E-state index is 0.249. The standard InChI is InChI=1S/C7H15O2S2/c1-4-11(8,9)6-7(2)5-10-3/h4-6H2,1-3H3. The van der Waals surface area contributed by atoms with Gasteiger partial charge in [-0.1, -0.05) is 13.8 Å². The molecule has 0 amide bonds.